The molecule has 1 fully saturated rings. The zero-order chi connectivity index (χ0) is 8.97. The summed E-state index contributed by atoms with van der Waals surface area (Å²) >= 11 is 0. The van der Waals surface area contributed by atoms with Crippen LogP contribution in [0, 0.1) is 5.92 Å². The first kappa shape index (κ1) is 9.86. The second kappa shape index (κ2) is 4.72. The van der Waals surface area contributed by atoms with Gasteiger partial charge in [-0.1, -0.05) is 0 Å². The Bertz CT molecular complexity index is 124. The van der Waals surface area contributed by atoms with E-state index in [1.165, 1.54) is 0 Å². The molecule has 1 aliphatic rings. The lowest BCUT2D eigenvalue weighted by molar-refractivity contribution is -0.0304. The molecular weight excluding hydrogens is 166 g/mol. The molecule has 1 rings (SSSR count). The molecule has 0 aromatic rings. The fourth-order valence-corrected chi connectivity index (χ4v) is 1.43. The molecule has 0 aromatic carbocycles. The van der Waals surface area contributed by atoms with Crippen molar-refractivity contribution in [1.29, 1.82) is 0 Å². The van der Waals surface area contributed by atoms with Crippen LogP contribution in [0.2, 0.25) is 0 Å². The van der Waals surface area contributed by atoms with Crippen LogP contribution in [0.5, 0.6) is 0 Å². The zero-order valence-electron chi connectivity index (χ0n) is 6.88. The van der Waals surface area contributed by atoms with Crippen molar-refractivity contribution >= 4 is 0 Å². The minimum Gasteiger partial charge on any atom is -0.387 e. The second-order valence-corrected chi connectivity index (χ2v) is 3.19. The van der Waals surface area contributed by atoms with Gasteiger partial charge in [0.2, 0.25) is 0 Å². The second-order valence-electron chi connectivity index (χ2n) is 3.19. The topological polar surface area (TPSA) is 29.5 Å². The number of hydrogen-bond donors (Lipinski definition) is 1. The highest BCUT2D eigenvalue weighted by molar-refractivity contribution is 4.69. The van der Waals surface area contributed by atoms with Gasteiger partial charge in [0, 0.05) is 13.2 Å². The van der Waals surface area contributed by atoms with Crippen LogP contribution in [0.1, 0.15) is 19.3 Å². The Kier molecular flexibility index (Phi) is 3.88. The van der Waals surface area contributed by atoms with Crippen LogP contribution < -0.4 is 0 Å². The molecule has 0 bridgehead atoms. The molecule has 0 spiro atoms. The third kappa shape index (κ3) is 3.03. The summed E-state index contributed by atoms with van der Waals surface area (Å²) in [5, 5.41) is 8.89. The Hall–Kier alpha value is -0.220. The largest absolute Gasteiger partial charge is 0.387 e. The van der Waals surface area contributed by atoms with E-state index in [4.69, 9.17) is 9.84 Å². The van der Waals surface area contributed by atoms with Gasteiger partial charge in [0.25, 0.3) is 6.43 Å². The molecule has 0 amide bonds. The van der Waals surface area contributed by atoms with Crippen molar-refractivity contribution < 1.29 is 18.6 Å². The van der Waals surface area contributed by atoms with Gasteiger partial charge in [-0.3, -0.25) is 0 Å². The van der Waals surface area contributed by atoms with Crippen LogP contribution in [-0.4, -0.2) is 30.8 Å². The van der Waals surface area contributed by atoms with Crippen molar-refractivity contribution in [2.24, 2.45) is 5.92 Å². The lowest BCUT2D eigenvalue weighted by atomic mass is 9.94. The summed E-state index contributed by atoms with van der Waals surface area (Å²) in [5.74, 6) is 0.211. The minimum atomic E-state index is -2.60. The molecule has 0 aromatic heterocycles. The highest BCUT2D eigenvalue weighted by Crippen LogP contribution is 2.22. The van der Waals surface area contributed by atoms with Gasteiger partial charge in [0.15, 0.2) is 0 Å². The van der Waals surface area contributed by atoms with Crippen molar-refractivity contribution in [3.05, 3.63) is 0 Å². The molecule has 1 unspecified atom stereocenters. The van der Waals surface area contributed by atoms with E-state index in [0.717, 1.165) is 12.8 Å². The predicted molar refractivity (Wildman–Crippen MR) is 40.2 cm³/mol. The molecule has 4 heteroatoms. The molecule has 0 radical (unpaired) electrons. The molecule has 1 atom stereocenters. The van der Waals surface area contributed by atoms with Crippen molar-refractivity contribution in [2.75, 3.05) is 13.2 Å². The molecule has 1 N–H and O–H groups in total. The SMILES string of the molecule is OC(CC1CCOCC1)C(F)F. The van der Waals surface area contributed by atoms with E-state index in [1.807, 2.05) is 0 Å². The van der Waals surface area contributed by atoms with Crippen LogP contribution >= 0.6 is 0 Å². The fourth-order valence-electron chi connectivity index (χ4n) is 1.43. The Morgan fingerprint density at radius 1 is 1.33 bits per heavy atom. The first-order chi connectivity index (χ1) is 5.70. The number of ether oxygens (including phenoxy) is 1. The van der Waals surface area contributed by atoms with Crippen LogP contribution in [0.4, 0.5) is 8.78 Å². The lowest BCUT2D eigenvalue weighted by Gasteiger charge is -2.23. The van der Waals surface area contributed by atoms with Gasteiger partial charge in [-0.05, 0) is 25.2 Å². The summed E-state index contributed by atoms with van der Waals surface area (Å²) < 4.78 is 28.9. The Labute approximate surface area is 70.5 Å². The number of aliphatic hydroxyl groups is 1. The van der Waals surface area contributed by atoms with Gasteiger partial charge in [-0.2, -0.15) is 0 Å². The fraction of sp³-hybridized carbons (Fsp3) is 1.00. The van der Waals surface area contributed by atoms with Crippen molar-refractivity contribution in [1.82, 2.24) is 0 Å². The van der Waals surface area contributed by atoms with Gasteiger partial charge in [-0.25, -0.2) is 8.78 Å². The Morgan fingerprint density at radius 3 is 2.42 bits per heavy atom. The zero-order valence-corrected chi connectivity index (χ0v) is 6.88. The maximum atomic E-state index is 11.9. The summed E-state index contributed by atoms with van der Waals surface area (Å²) in [4.78, 5) is 0. The van der Waals surface area contributed by atoms with Crippen molar-refractivity contribution in [3.63, 3.8) is 0 Å². The molecule has 0 saturated carbocycles. The average molecular weight is 180 g/mol. The maximum absolute atomic E-state index is 11.9. The van der Waals surface area contributed by atoms with Crippen LogP contribution in [0.3, 0.4) is 0 Å². The molecule has 12 heavy (non-hydrogen) atoms. The molecular formula is C8H14F2O2. The van der Waals surface area contributed by atoms with Gasteiger partial charge in [0.1, 0.15) is 6.10 Å². The molecule has 1 saturated heterocycles. The highest BCUT2D eigenvalue weighted by Gasteiger charge is 2.23. The minimum absolute atomic E-state index is 0.209. The molecule has 0 aliphatic carbocycles. The first-order valence-electron chi connectivity index (χ1n) is 4.24. The highest BCUT2D eigenvalue weighted by atomic mass is 19.3. The third-order valence-electron chi connectivity index (χ3n) is 2.21. The van der Waals surface area contributed by atoms with E-state index in [9.17, 15) is 8.78 Å². The molecule has 2 nitrogen and oxygen atoms in total. The summed E-state index contributed by atoms with van der Waals surface area (Å²) in [6.45, 7) is 1.28. The number of alkyl halides is 2. The van der Waals surface area contributed by atoms with E-state index < -0.39 is 12.5 Å². The normalized spacial score (nSPS) is 23.0. The van der Waals surface area contributed by atoms with Gasteiger partial charge in [0.05, 0.1) is 0 Å². The van der Waals surface area contributed by atoms with E-state index in [2.05, 4.69) is 0 Å². The smallest absolute Gasteiger partial charge is 0.264 e. The van der Waals surface area contributed by atoms with E-state index >= 15 is 0 Å². The monoisotopic (exact) mass is 180 g/mol. The van der Waals surface area contributed by atoms with Gasteiger partial charge < -0.3 is 9.84 Å². The quantitative estimate of drug-likeness (QED) is 0.712. The summed E-state index contributed by atoms with van der Waals surface area (Å²) in [7, 11) is 0. The van der Waals surface area contributed by atoms with E-state index in [1.54, 1.807) is 0 Å². The summed E-state index contributed by atoms with van der Waals surface area (Å²) in [6, 6.07) is 0. The summed E-state index contributed by atoms with van der Waals surface area (Å²) in [5.41, 5.74) is 0. The third-order valence-corrected chi connectivity index (χ3v) is 2.21. The lowest BCUT2D eigenvalue weighted by Crippen LogP contribution is -2.25. The van der Waals surface area contributed by atoms with Gasteiger partial charge >= 0.3 is 0 Å². The standard InChI is InChI=1S/C8H14F2O2/c9-8(10)7(11)5-6-1-3-12-4-2-6/h6-8,11H,1-5H2. The average Bonchev–Trinajstić information content (AvgIpc) is 2.06. The number of halogens is 2. The van der Waals surface area contributed by atoms with E-state index in [-0.39, 0.29) is 12.3 Å². The first-order valence-corrected chi connectivity index (χ1v) is 4.24. The van der Waals surface area contributed by atoms with Crippen LogP contribution in [0.15, 0.2) is 0 Å². The molecule has 1 heterocycles. The van der Waals surface area contributed by atoms with Crippen LogP contribution in [0.25, 0.3) is 0 Å². The Morgan fingerprint density at radius 2 is 1.92 bits per heavy atom. The van der Waals surface area contributed by atoms with Crippen molar-refractivity contribution in [3.8, 4) is 0 Å². The molecule has 72 valence electrons. The van der Waals surface area contributed by atoms with Gasteiger partial charge in [-0.15, -0.1) is 0 Å². The van der Waals surface area contributed by atoms with Crippen LogP contribution in [-0.2, 0) is 4.74 Å². The number of aliphatic hydroxyl groups excluding tert-OH is 1. The number of rotatable bonds is 3. The van der Waals surface area contributed by atoms with E-state index in [0.29, 0.717) is 13.2 Å². The maximum Gasteiger partial charge on any atom is 0.264 e. The Balaban J connectivity index is 2.20. The van der Waals surface area contributed by atoms with Crippen molar-refractivity contribution in [2.45, 2.75) is 31.8 Å². The predicted octanol–water partition coefficient (Wildman–Crippen LogP) is 1.43. The molecule has 1 aliphatic heterocycles. The number of hydrogen-bond acceptors (Lipinski definition) is 2. The summed E-state index contributed by atoms with van der Waals surface area (Å²) in [6.07, 6.45) is -2.25.